The van der Waals surface area contributed by atoms with Crippen molar-refractivity contribution in [1.82, 2.24) is 9.88 Å². The Morgan fingerprint density at radius 3 is 2.83 bits per heavy atom. The van der Waals surface area contributed by atoms with Gasteiger partial charge in [-0.05, 0) is 36.5 Å². The fraction of sp³-hybridized carbons (Fsp3) is 0.400. The van der Waals surface area contributed by atoms with Gasteiger partial charge >= 0.3 is 0 Å². The number of allylic oxidation sites excluding steroid dienone is 1. The van der Waals surface area contributed by atoms with E-state index in [0.29, 0.717) is 23.0 Å². The number of hydrogen-bond acceptors (Lipinski definition) is 2. The normalized spacial score (nSPS) is 18.1. The van der Waals surface area contributed by atoms with E-state index in [1.807, 2.05) is 4.90 Å². The van der Waals surface area contributed by atoms with Crippen molar-refractivity contribution in [3.05, 3.63) is 46.9 Å². The summed E-state index contributed by atoms with van der Waals surface area (Å²) in [5.41, 5.74) is 4.14. The number of aromatic nitrogens is 1. The zero-order valence-corrected chi connectivity index (χ0v) is 14.3. The highest BCUT2D eigenvalue weighted by atomic mass is 19.1. The van der Waals surface area contributed by atoms with Crippen LogP contribution in [0.25, 0.3) is 16.6 Å². The number of benzene rings is 1. The van der Waals surface area contributed by atoms with E-state index in [9.17, 15) is 9.18 Å². The van der Waals surface area contributed by atoms with Crippen LogP contribution in [-0.2, 0) is 6.42 Å². The topological polar surface area (TPSA) is 33.2 Å². The second-order valence-electron chi connectivity index (χ2n) is 7.48. The molecule has 2 heterocycles. The molecular formula is C20H21FN2O. The summed E-state index contributed by atoms with van der Waals surface area (Å²) in [5, 5.41) is 0.628. The molecule has 0 N–H and O–H groups in total. The highest BCUT2D eigenvalue weighted by Crippen LogP contribution is 2.45. The van der Waals surface area contributed by atoms with E-state index >= 15 is 0 Å². The van der Waals surface area contributed by atoms with Gasteiger partial charge in [0.2, 0.25) is 0 Å². The highest BCUT2D eigenvalue weighted by molar-refractivity contribution is 6.17. The third kappa shape index (κ3) is 2.16. The maximum absolute atomic E-state index is 13.8. The van der Waals surface area contributed by atoms with Gasteiger partial charge < -0.3 is 4.90 Å². The summed E-state index contributed by atoms with van der Waals surface area (Å²) in [6, 6.07) is 4.53. The molecule has 0 atom stereocenters. The number of unbranched alkanes of at least 4 members (excludes halogenated alkanes) is 1. The molecule has 1 aliphatic carbocycles. The molecular weight excluding hydrogens is 303 g/mol. The van der Waals surface area contributed by atoms with Gasteiger partial charge in [0.05, 0.1) is 22.5 Å². The fourth-order valence-electron chi connectivity index (χ4n) is 3.83. The molecule has 24 heavy (non-hydrogen) atoms. The second kappa shape index (κ2) is 5.13. The van der Waals surface area contributed by atoms with Gasteiger partial charge in [-0.2, -0.15) is 0 Å². The number of carbonyl (C=O) groups is 1. The Morgan fingerprint density at radius 2 is 2.08 bits per heavy atom. The van der Waals surface area contributed by atoms with Gasteiger partial charge in [0.1, 0.15) is 5.82 Å². The van der Waals surface area contributed by atoms with Crippen LogP contribution in [0, 0.1) is 11.2 Å². The Kier molecular flexibility index (Phi) is 3.27. The molecule has 2 aliphatic rings. The first-order valence-electron chi connectivity index (χ1n) is 8.58. The van der Waals surface area contributed by atoms with Crippen LogP contribution in [-0.4, -0.2) is 22.3 Å². The van der Waals surface area contributed by atoms with Crippen molar-refractivity contribution in [3.63, 3.8) is 0 Å². The third-order valence-corrected chi connectivity index (χ3v) is 4.91. The number of pyridine rings is 1. The third-order valence-electron chi connectivity index (χ3n) is 4.91. The zero-order chi connectivity index (χ0) is 17.1. The minimum absolute atomic E-state index is 0.0124. The fourth-order valence-corrected chi connectivity index (χ4v) is 3.83. The lowest BCUT2D eigenvalue weighted by molar-refractivity contribution is 0.0850. The van der Waals surface area contributed by atoms with Crippen LogP contribution in [0.15, 0.2) is 24.3 Å². The van der Waals surface area contributed by atoms with Crippen LogP contribution in [0.5, 0.6) is 0 Å². The quantitative estimate of drug-likeness (QED) is 0.829. The molecule has 0 spiro atoms. The first-order valence-corrected chi connectivity index (χ1v) is 8.58. The standard InChI is InChI=1S/C20H21FN2O/c1-4-5-8-23-16-11-20(2,3)10-15-18(16)17(19(23)24)13-9-12(21)6-7-14(13)22-15/h6-7,9,11H,4-5,8,10H2,1-3H3. The summed E-state index contributed by atoms with van der Waals surface area (Å²) in [4.78, 5) is 19.8. The van der Waals surface area contributed by atoms with Crippen molar-refractivity contribution < 1.29 is 9.18 Å². The van der Waals surface area contributed by atoms with Crippen molar-refractivity contribution in [2.24, 2.45) is 5.41 Å². The van der Waals surface area contributed by atoms with Crippen molar-refractivity contribution in [2.45, 2.75) is 40.0 Å². The Labute approximate surface area is 141 Å². The lowest BCUT2D eigenvalue weighted by Gasteiger charge is -2.30. The van der Waals surface area contributed by atoms with E-state index < -0.39 is 0 Å². The number of amides is 1. The van der Waals surface area contributed by atoms with Crippen molar-refractivity contribution in [1.29, 1.82) is 0 Å². The monoisotopic (exact) mass is 324 g/mol. The summed E-state index contributed by atoms with van der Waals surface area (Å²) >= 11 is 0. The van der Waals surface area contributed by atoms with Crippen molar-refractivity contribution in [2.75, 3.05) is 6.54 Å². The molecule has 1 amide bonds. The molecule has 0 saturated heterocycles. The largest absolute Gasteiger partial charge is 0.308 e. The number of halogens is 1. The molecule has 1 aromatic heterocycles. The van der Waals surface area contributed by atoms with E-state index in [2.05, 4.69) is 26.8 Å². The van der Waals surface area contributed by atoms with Crippen LogP contribution in [0.3, 0.4) is 0 Å². The predicted octanol–water partition coefficient (Wildman–Crippen LogP) is 4.55. The molecule has 3 nitrogen and oxygen atoms in total. The van der Waals surface area contributed by atoms with Gasteiger partial charge in [-0.15, -0.1) is 0 Å². The van der Waals surface area contributed by atoms with Crippen LogP contribution in [0.4, 0.5) is 4.39 Å². The molecule has 124 valence electrons. The van der Waals surface area contributed by atoms with E-state index in [1.165, 1.54) is 12.1 Å². The lowest BCUT2D eigenvalue weighted by Crippen LogP contribution is -2.27. The van der Waals surface area contributed by atoms with Gasteiger partial charge in [0.25, 0.3) is 5.91 Å². The molecule has 2 aromatic rings. The number of hydrogen-bond donors (Lipinski definition) is 0. The van der Waals surface area contributed by atoms with E-state index in [-0.39, 0.29) is 17.1 Å². The minimum atomic E-state index is -0.332. The molecule has 0 saturated carbocycles. The number of carbonyl (C=O) groups excluding carboxylic acids is 1. The van der Waals surface area contributed by atoms with Gasteiger partial charge in [0, 0.05) is 17.5 Å². The lowest BCUT2D eigenvalue weighted by atomic mass is 9.79. The number of nitrogens with zero attached hydrogens (tertiary/aromatic N) is 2. The highest BCUT2D eigenvalue weighted by Gasteiger charge is 2.41. The van der Waals surface area contributed by atoms with Crippen LogP contribution in [0.1, 0.15) is 55.2 Å². The Balaban J connectivity index is 2.02. The number of rotatable bonds is 3. The van der Waals surface area contributed by atoms with Gasteiger partial charge in [-0.3, -0.25) is 9.78 Å². The van der Waals surface area contributed by atoms with E-state index in [4.69, 9.17) is 4.98 Å². The Morgan fingerprint density at radius 1 is 1.29 bits per heavy atom. The van der Waals surface area contributed by atoms with E-state index in [0.717, 1.165) is 36.2 Å². The molecule has 0 fully saturated rings. The molecule has 1 aliphatic heterocycles. The molecule has 4 rings (SSSR count). The van der Waals surface area contributed by atoms with Crippen LogP contribution >= 0.6 is 0 Å². The van der Waals surface area contributed by atoms with Gasteiger partial charge in [0.15, 0.2) is 0 Å². The maximum atomic E-state index is 13.8. The predicted molar refractivity (Wildman–Crippen MR) is 93.1 cm³/mol. The molecule has 4 heteroatoms. The van der Waals surface area contributed by atoms with Crippen LogP contribution < -0.4 is 0 Å². The Hall–Kier alpha value is -2.23. The average Bonchev–Trinajstić information content (AvgIpc) is 2.78. The summed E-state index contributed by atoms with van der Waals surface area (Å²) in [6.07, 6.45) is 4.96. The van der Waals surface area contributed by atoms with Gasteiger partial charge in [-0.1, -0.05) is 33.3 Å². The second-order valence-corrected chi connectivity index (χ2v) is 7.48. The minimum Gasteiger partial charge on any atom is -0.308 e. The Bertz CT molecular complexity index is 898. The van der Waals surface area contributed by atoms with Crippen molar-refractivity contribution in [3.8, 4) is 0 Å². The average molecular weight is 324 g/mol. The van der Waals surface area contributed by atoms with Crippen molar-refractivity contribution >= 4 is 22.5 Å². The first-order chi connectivity index (χ1) is 11.4. The maximum Gasteiger partial charge on any atom is 0.259 e. The summed E-state index contributed by atoms with van der Waals surface area (Å²) in [5.74, 6) is -0.344. The summed E-state index contributed by atoms with van der Waals surface area (Å²) in [7, 11) is 0. The zero-order valence-electron chi connectivity index (χ0n) is 14.3. The molecule has 0 bridgehead atoms. The first kappa shape index (κ1) is 15.3. The number of fused-ring (bicyclic) bond motifs is 2. The molecule has 0 radical (unpaired) electrons. The van der Waals surface area contributed by atoms with Crippen LogP contribution in [0.2, 0.25) is 0 Å². The summed E-state index contributed by atoms with van der Waals surface area (Å²) < 4.78 is 13.8. The molecule has 0 unspecified atom stereocenters. The summed E-state index contributed by atoms with van der Waals surface area (Å²) in [6.45, 7) is 7.15. The molecule has 1 aromatic carbocycles. The van der Waals surface area contributed by atoms with Gasteiger partial charge in [-0.25, -0.2) is 4.39 Å². The smallest absolute Gasteiger partial charge is 0.259 e. The SMILES string of the molecule is CCCCN1C(=O)c2c3c(nc4ccc(F)cc24)CC(C)(C)C=C31. The van der Waals surface area contributed by atoms with E-state index in [1.54, 1.807) is 6.07 Å².